The molecule has 0 saturated heterocycles. The van der Waals surface area contributed by atoms with Crippen LogP contribution in [0.2, 0.25) is 0 Å². The molecule has 0 fully saturated rings. The van der Waals surface area contributed by atoms with Gasteiger partial charge in [0.1, 0.15) is 10.8 Å². The van der Waals surface area contributed by atoms with Gasteiger partial charge >= 0.3 is 0 Å². The van der Waals surface area contributed by atoms with Gasteiger partial charge in [-0.25, -0.2) is 4.98 Å². The zero-order valence-corrected chi connectivity index (χ0v) is 13.0. The number of hydrogen-bond acceptors (Lipinski definition) is 4. The minimum absolute atomic E-state index is 0.347. The first-order valence-electron chi connectivity index (χ1n) is 6.40. The van der Waals surface area contributed by atoms with E-state index in [-0.39, 0.29) is 0 Å². The lowest BCUT2D eigenvalue weighted by Gasteiger charge is -2.11. The number of nitrogens with zero attached hydrogens (tertiary/aromatic N) is 3. The van der Waals surface area contributed by atoms with E-state index in [0.717, 1.165) is 28.5 Å². The van der Waals surface area contributed by atoms with E-state index in [2.05, 4.69) is 22.3 Å². The lowest BCUT2D eigenvalue weighted by molar-refractivity contribution is 0.730. The van der Waals surface area contributed by atoms with Gasteiger partial charge < -0.3 is 11.1 Å². The maximum absolute atomic E-state index is 5.73. The first-order chi connectivity index (χ1) is 9.40. The Balaban J connectivity index is 2.27. The third kappa shape index (κ3) is 2.80. The van der Waals surface area contributed by atoms with Crippen LogP contribution in [0.25, 0.3) is 0 Å². The summed E-state index contributed by atoms with van der Waals surface area (Å²) in [4.78, 5) is 4.82. The molecule has 0 radical (unpaired) electrons. The van der Waals surface area contributed by atoms with Gasteiger partial charge in [-0.1, -0.05) is 12.2 Å². The molecular formula is C14H19N5S. The molecule has 0 aliphatic carbocycles. The summed E-state index contributed by atoms with van der Waals surface area (Å²) >= 11 is 5.06. The fourth-order valence-electron chi connectivity index (χ4n) is 2.14. The molecule has 5 nitrogen and oxygen atoms in total. The number of nitrogens with one attached hydrogen (secondary N) is 1. The number of rotatable bonds is 4. The Bertz CT molecular complexity index is 660. The van der Waals surface area contributed by atoms with Gasteiger partial charge in [-0.2, -0.15) is 5.10 Å². The number of thiocarbonyl (C=S) groups is 1. The second-order valence-corrected chi connectivity index (χ2v) is 5.28. The SMILES string of the molecule is Cc1ccc(C(N)=S)c(NCc2c(C)nn(C)c2C)n1. The molecule has 2 heterocycles. The molecule has 0 spiro atoms. The first-order valence-corrected chi connectivity index (χ1v) is 6.81. The van der Waals surface area contributed by atoms with E-state index in [9.17, 15) is 0 Å². The molecule has 2 aromatic rings. The highest BCUT2D eigenvalue weighted by molar-refractivity contribution is 7.80. The highest BCUT2D eigenvalue weighted by Gasteiger charge is 2.11. The Morgan fingerprint density at radius 2 is 2.05 bits per heavy atom. The summed E-state index contributed by atoms with van der Waals surface area (Å²) in [5, 5.41) is 7.72. The Hall–Kier alpha value is -1.95. The number of anilines is 1. The molecule has 2 aromatic heterocycles. The molecule has 106 valence electrons. The Labute approximate surface area is 124 Å². The van der Waals surface area contributed by atoms with Crippen molar-refractivity contribution in [2.75, 3.05) is 5.32 Å². The zero-order chi connectivity index (χ0) is 14.9. The zero-order valence-electron chi connectivity index (χ0n) is 12.2. The van der Waals surface area contributed by atoms with Crippen molar-refractivity contribution in [3.63, 3.8) is 0 Å². The standard InChI is InChI=1S/C14H19N5S/c1-8-5-6-11(13(15)20)14(17-8)16-7-12-9(2)18-19(4)10(12)3/h5-6H,7H2,1-4H3,(H2,15,20)(H,16,17). The molecule has 0 atom stereocenters. The predicted molar refractivity (Wildman–Crippen MR) is 84.9 cm³/mol. The largest absolute Gasteiger partial charge is 0.389 e. The Morgan fingerprint density at radius 1 is 1.35 bits per heavy atom. The molecular weight excluding hydrogens is 270 g/mol. The summed E-state index contributed by atoms with van der Waals surface area (Å²) in [5.74, 6) is 0.722. The summed E-state index contributed by atoms with van der Waals surface area (Å²) in [7, 11) is 1.94. The van der Waals surface area contributed by atoms with Crippen LogP contribution in [0.1, 0.15) is 28.2 Å². The van der Waals surface area contributed by atoms with E-state index >= 15 is 0 Å². The van der Waals surface area contributed by atoms with Crippen molar-refractivity contribution >= 4 is 23.0 Å². The van der Waals surface area contributed by atoms with Crippen LogP contribution < -0.4 is 11.1 Å². The van der Waals surface area contributed by atoms with Crippen molar-refractivity contribution in [1.82, 2.24) is 14.8 Å². The van der Waals surface area contributed by atoms with Crippen molar-refractivity contribution < 1.29 is 0 Å². The fraction of sp³-hybridized carbons (Fsp3) is 0.357. The van der Waals surface area contributed by atoms with Gasteiger partial charge in [0.2, 0.25) is 0 Å². The molecule has 0 unspecified atom stereocenters. The molecule has 3 N–H and O–H groups in total. The van der Waals surface area contributed by atoms with E-state index < -0.39 is 0 Å². The topological polar surface area (TPSA) is 68.8 Å². The third-order valence-corrected chi connectivity index (χ3v) is 3.61. The Morgan fingerprint density at radius 3 is 2.60 bits per heavy atom. The molecule has 0 aliphatic rings. The summed E-state index contributed by atoms with van der Waals surface area (Å²) in [6.07, 6.45) is 0. The molecule has 6 heteroatoms. The van der Waals surface area contributed by atoms with Crippen molar-refractivity contribution in [3.05, 3.63) is 40.3 Å². The van der Waals surface area contributed by atoms with Gasteiger partial charge in [0, 0.05) is 30.5 Å². The van der Waals surface area contributed by atoms with Crippen LogP contribution in [0.15, 0.2) is 12.1 Å². The van der Waals surface area contributed by atoms with E-state index in [1.807, 2.05) is 37.7 Å². The Kier molecular flexibility index (Phi) is 4.04. The fourth-order valence-corrected chi connectivity index (χ4v) is 2.30. The molecule has 0 saturated carbocycles. The predicted octanol–water partition coefficient (Wildman–Crippen LogP) is 1.99. The summed E-state index contributed by atoms with van der Waals surface area (Å²) in [6, 6.07) is 3.80. The van der Waals surface area contributed by atoms with Gasteiger partial charge in [-0.05, 0) is 32.9 Å². The van der Waals surface area contributed by atoms with Crippen molar-refractivity contribution in [1.29, 1.82) is 0 Å². The minimum Gasteiger partial charge on any atom is -0.389 e. The second-order valence-electron chi connectivity index (χ2n) is 4.84. The monoisotopic (exact) mass is 289 g/mol. The quantitative estimate of drug-likeness (QED) is 0.842. The van der Waals surface area contributed by atoms with Crippen LogP contribution in [0.3, 0.4) is 0 Å². The van der Waals surface area contributed by atoms with Crippen LogP contribution >= 0.6 is 12.2 Å². The number of nitrogens with two attached hydrogens (primary N) is 1. The average molecular weight is 289 g/mol. The molecule has 20 heavy (non-hydrogen) atoms. The first kappa shape index (κ1) is 14.5. The molecule has 2 rings (SSSR count). The maximum Gasteiger partial charge on any atom is 0.136 e. The van der Waals surface area contributed by atoms with Crippen LogP contribution in [0, 0.1) is 20.8 Å². The van der Waals surface area contributed by atoms with Crippen molar-refractivity contribution in [2.45, 2.75) is 27.3 Å². The number of pyridine rings is 1. The van der Waals surface area contributed by atoms with Crippen LogP contribution in [-0.2, 0) is 13.6 Å². The summed E-state index contributed by atoms with van der Waals surface area (Å²) < 4.78 is 1.88. The smallest absolute Gasteiger partial charge is 0.136 e. The lowest BCUT2D eigenvalue weighted by atomic mass is 10.2. The van der Waals surface area contributed by atoms with Crippen LogP contribution in [-0.4, -0.2) is 19.8 Å². The average Bonchev–Trinajstić information content (AvgIpc) is 2.61. The van der Waals surface area contributed by atoms with Gasteiger partial charge in [0.25, 0.3) is 0 Å². The number of aromatic nitrogens is 3. The minimum atomic E-state index is 0.347. The normalized spacial score (nSPS) is 10.6. The van der Waals surface area contributed by atoms with Gasteiger partial charge in [0.15, 0.2) is 0 Å². The van der Waals surface area contributed by atoms with Crippen LogP contribution in [0.4, 0.5) is 5.82 Å². The number of aryl methyl sites for hydroxylation is 3. The van der Waals surface area contributed by atoms with E-state index in [4.69, 9.17) is 18.0 Å². The number of hydrogen-bond donors (Lipinski definition) is 2. The molecule has 0 aromatic carbocycles. The maximum atomic E-state index is 5.73. The molecule has 0 aliphatic heterocycles. The van der Waals surface area contributed by atoms with Gasteiger partial charge in [-0.15, -0.1) is 0 Å². The van der Waals surface area contributed by atoms with Gasteiger partial charge in [-0.3, -0.25) is 4.68 Å². The molecule has 0 bridgehead atoms. The molecule has 0 amide bonds. The lowest BCUT2D eigenvalue weighted by Crippen LogP contribution is -2.15. The van der Waals surface area contributed by atoms with E-state index in [1.54, 1.807) is 0 Å². The van der Waals surface area contributed by atoms with Crippen LogP contribution in [0.5, 0.6) is 0 Å². The van der Waals surface area contributed by atoms with E-state index in [1.165, 1.54) is 5.56 Å². The van der Waals surface area contributed by atoms with Gasteiger partial charge in [0.05, 0.1) is 11.3 Å². The second kappa shape index (κ2) is 5.58. The van der Waals surface area contributed by atoms with E-state index in [0.29, 0.717) is 11.5 Å². The highest BCUT2D eigenvalue weighted by atomic mass is 32.1. The highest BCUT2D eigenvalue weighted by Crippen LogP contribution is 2.17. The van der Waals surface area contributed by atoms with Crippen molar-refractivity contribution in [3.8, 4) is 0 Å². The van der Waals surface area contributed by atoms with Crippen molar-refractivity contribution in [2.24, 2.45) is 12.8 Å². The summed E-state index contributed by atoms with van der Waals surface area (Å²) in [6.45, 7) is 6.64. The third-order valence-electron chi connectivity index (χ3n) is 3.39. The summed E-state index contributed by atoms with van der Waals surface area (Å²) in [5.41, 5.74) is 10.7.